The Morgan fingerprint density at radius 2 is 1.91 bits per heavy atom. The third-order valence-electron chi connectivity index (χ3n) is 0.834. The van der Waals surface area contributed by atoms with Crippen LogP contribution >= 0.6 is 0 Å². The lowest BCUT2D eigenvalue weighted by Gasteiger charge is -2.08. The SMILES string of the molecule is COC(=CC(C)=O)C(F)(F)F. The smallest absolute Gasteiger partial charge is 0.449 e. The quantitative estimate of drug-likeness (QED) is 0.463. The molecule has 0 saturated heterocycles. The number of carbonyl (C=O) groups is 1. The van der Waals surface area contributed by atoms with Gasteiger partial charge in [-0.3, -0.25) is 4.79 Å². The average molecular weight is 168 g/mol. The lowest BCUT2D eigenvalue weighted by atomic mass is 10.3. The minimum atomic E-state index is -4.58. The molecule has 11 heavy (non-hydrogen) atoms. The standard InChI is InChI=1S/C6H7F3O2/c1-4(10)3-5(11-2)6(7,8)9/h3H,1-2H3. The molecule has 64 valence electrons. The monoisotopic (exact) mass is 168 g/mol. The number of halogens is 3. The number of carbonyl (C=O) groups excluding carboxylic acids is 1. The summed E-state index contributed by atoms with van der Waals surface area (Å²) in [6, 6.07) is 0. The van der Waals surface area contributed by atoms with Crippen LogP contribution in [0.5, 0.6) is 0 Å². The number of rotatable bonds is 2. The van der Waals surface area contributed by atoms with Crippen LogP contribution in [0.1, 0.15) is 6.92 Å². The second-order valence-corrected chi connectivity index (χ2v) is 1.82. The van der Waals surface area contributed by atoms with Gasteiger partial charge in [-0.05, 0) is 6.92 Å². The zero-order valence-electron chi connectivity index (χ0n) is 6.03. The molecule has 0 saturated carbocycles. The van der Waals surface area contributed by atoms with E-state index in [1.165, 1.54) is 0 Å². The van der Waals surface area contributed by atoms with Gasteiger partial charge in [0.25, 0.3) is 0 Å². The minimum absolute atomic E-state index is 0.403. The zero-order valence-corrected chi connectivity index (χ0v) is 6.03. The van der Waals surface area contributed by atoms with E-state index in [4.69, 9.17) is 0 Å². The first kappa shape index (κ1) is 10.0. The molecule has 0 amide bonds. The van der Waals surface area contributed by atoms with Crippen molar-refractivity contribution in [3.05, 3.63) is 11.8 Å². The van der Waals surface area contributed by atoms with E-state index in [0.29, 0.717) is 6.08 Å². The predicted molar refractivity (Wildman–Crippen MR) is 31.8 cm³/mol. The van der Waals surface area contributed by atoms with Gasteiger partial charge < -0.3 is 4.74 Å². The van der Waals surface area contributed by atoms with Crippen LogP contribution < -0.4 is 0 Å². The molecule has 0 unspecified atom stereocenters. The molecule has 0 aliphatic heterocycles. The van der Waals surface area contributed by atoms with E-state index in [-0.39, 0.29) is 0 Å². The molecule has 0 aromatic carbocycles. The van der Waals surface area contributed by atoms with E-state index in [9.17, 15) is 18.0 Å². The number of ether oxygens (including phenoxy) is 1. The predicted octanol–water partition coefficient (Wildman–Crippen LogP) is 1.67. The second kappa shape index (κ2) is 3.41. The number of ketones is 1. The van der Waals surface area contributed by atoms with Gasteiger partial charge >= 0.3 is 6.18 Å². The summed E-state index contributed by atoms with van der Waals surface area (Å²) >= 11 is 0. The molecule has 5 heteroatoms. The lowest BCUT2D eigenvalue weighted by Crippen LogP contribution is -2.14. The molecule has 2 nitrogen and oxygen atoms in total. The molecule has 0 aromatic rings. The van der Waals surface area contributed by atoms with Crippen molar-refractivity contribution in [2.75, 3.05) is 7.11 Å². The molecule has 0 radical (unpaired) electrons. The van der Waals surface area contributed by atoms with Crippen molar-refractivity contribution in [1.82, 2.24) is 0 Å². The third kappa shape index (κ3) is 3.64. The molecule has 0 bridgehead atoms. The number of allylic oxidation sites excluding steroid dienone is 2. The van der Waals surface area contributed by atoms with E-state index in [1.807, 2.05) is 0 Å². The summed E-state index contributed by atoms with van der Waals surface area (Å²) in [5.74, 6) is -1.97. The summed E-state index contributed by atoms with van der Waals surface area (Å²) in [5.41, 5.74) is 0. The Bertz CT molecular complexity index is 181. The Kier molecular flexibility index (Phi) is 3.10. The van der Waals surface area contributed by atoms with Gasteiger partial charge in [-0.1, -0.05) is 0 Å². The summed E-state index contributed by atoms with van der Waals surface area (Å²) in [6.07, 6.45) is -4.18. The Morgan fingerprint density at radius 1 is 1.45 bits per heavy atom. The van der Waals surface area contributed by atoms with Crippen LogP contribution in [0.2, 0.25) is 0 Å². The van der Waals surface area contributed by atoms with Gasteiger partial charge in [0, 0.05) is 6.08 Å². The van der Waals surface area contributed by atoms with Crippen molar-refractivity contribution >= 4 is 5.78 Å². The first-order valence-corrected chi connectivity index (χ1v) is 2.71. The maximum absolute atomic E-state index is 11.7. The van der Waals surface area contributed by atoms with Crippen LogP contribution in [-0.4, -0.2) is 19.1 Å². The number of hydrogen-bond acceptors (Lipinski definition) is 2. The fourth-order valence-electron chi connectivity index (χ4n) is 0.441. The summed E-state index contributed by atoms with van der Waals surface area (Å²) in [4.78, 5) is 10.2. The molecule has 0 aromatic heterocycles. The first-order valence-electron chi connectivity index (χ1n) is 2.71. The highest BCUT2D eigenvalue weighted by molar-refractivity contribution is 5.87. The highest BCUT2D eigenvalue weighted by Crippen LogP contribution is 2.25. The first-order chi connectivity index (χ1) is 4.88. The van der Waals surface area contributed by atoms with Crippen LogP contribution in [0.3, 0.4) is 0 Å². The fourth-order valence-corrected chi connectivity index (χ4v) is 0.441. The summed E-state index contributed by atoms with van der Waals surface area (Å²) < 4.78 is 39.1. The number of alkyl halides is 3. The molecule has 0 atom stereocenters. The van der Waals surface area contributed by atoms with Crippen molar-refractivity contribution in [1.29, 1.82) is 0 Å². The van der Waals surface area contributed by atoms with E-state index in [1.54, 1.807) is 0 Å². The van der Waals surface area contributed by atoms with Crippen LogP contribution in [0, 0.1) is 0 Å². The van der Waals surface area contributed by atoms with E-state index >= 15 is 0 Å². The maximum Gasteiger partial charge on any atom is 0.449 e. The molecular weight excluding hydrogens is 161 g/mol. The molecule has 0 spiro atoms. The van der Waals surface area contributed by atoms with Gasteiger partial charge in [-0.25, -0.2) is 0 Å². The second-order valence-electron chi connectivity index (χ2n) is 1.82. The molecule has 0 rings (SSSR count). The van der Waals surface area contributed by atoms with Crippen molar-refractivity contribution in [2.24, 2.45) is 0 Å². The van der Waals surface area contributed by atoms with Crippen LogP contribution in [0.25, 0.3) is 0 Å². The number of methoxy groups -OCH3 is 1. The lowest BCUT2D eigenvalue weighted by molar-refractivity contribution is -0.129. The molecule has 0 fully saturated rings. The molecule has 0 aliphatic rings. The van der Waals surface area contributed by atoms with E-state index < -0.39 is 17.7 Å². The fraction of sp³-hybridized carbons (Fsp3) is 0.500. The van der Waals surface area contributed by atoms with Gasteiger partial charge in [0.2, 0.25) is 5.76 Å². The molecule has 0 N–H and O–H groups in total. The highest BCUT2D eigenvalue weighted by Gasteiger charge is 2.35. The van der Waals surface area contributed by atoms with Crippen molar-refractivity contribution in [3.8, 4) is 0 Å². The van der Waals surface area contributed by atoms with E-state index in [2.05, 4.69) is 4.74 Å². The Hall–Kier alpha value is -1.00. The normalized spacial score (nSPS) is 13.0. The van der Waals surface area contributed by atoms with Gasteiger partial charge in [0.1, 0.15) is 0 Å². The summed E-state index contributed by atoms with van der Waals surface area (Å²) in [6.45, 7) is 1.02. The Morgan fingerprint density at radius 3 is 2.00 bits per heavy atom. The van der Waals surface area contributed by atoms with Gasteiger partial charge in [-0.2, -0.15) is 13.2 Å². The Balaban J connectivity index is 4.54. The van der Waals surface area contributed by atoms with E-state index in [0.717, 1.165) is 14.0 Å². The van der Waals surface area contributed by atoms with Crippen LogP contribution in [-0.2, 0) is 9.53 Å². The average Bonchev–Trinajstić information content (AvgIpc) is 1.79. The van der Waals surface area contributed by atoms with Crippen LogP contribution in [0.15, 0.2) is 11.8 Å². The molecule has 0 heterocycles. The van der Waals surface area contributed by atoms with Gasteiger partial charge in [-0.15, -0.1) is 0 Å². The topological polar surface area (TPSA) is 26.3 Å². The Labute approximate surface area is 61.6 Å². The maximum atomic E-state index is 11.7. The molecule has 0 aliphatic carbocycles. The minimum Gasteiger partial charge on any atom is -0.492 e. The van der Waals surface area contributed by atoms with Crippen molar-refractivity contribution < 1.29 is 22.7 Å². The summed E-state index contributed by atoms with van der Waals surface area (Å²) in [5, 5.41) is 0. The van der Waals surface area contributed by atoms with Crippen LogP contribution in [0.4, 0.5) is 13.2 Å². The third-order valence-corrected chi connectivity index (χ3v) is 0.834. The van der Waals surface area contributed by atoms with Gasteiger partial charge in [0.05, 0.1) is 7.11 Å². The van der Waals surface area contributed by atoms with Gasteiger partial charge in [0.15, 0.2) is 5.78 Å². The number of hydrogen-bond donors (Lipinski definition) is 0. The van der Waals surface area contributed by atoms with Crippen molar-refractivity contribution in [2.45, 2.75) is 13.1 Å². The molecular formula is C6H7F3O2. The largest absolute Gasteiger partial charge is 0.492 e. The van der Waals surface area contributed by atoms with Crippen molar-refractivity contribution in [3.63, 3.8) is 0 Å². The summed E-state index contributed by atoms with van der Waals surface area (Å²) in [7, 11) is 0.863. The highest BCUT2D eigenvalue weighted by atomic mass is 19.4. The zero-order chi connectivity index (χ0) is 9.07.